The Bertz CT molecular complexity index is 777. The number of benzene rings is 2. The van der Waals surface area contributed by atoms with Crippen molar-refractivity contribution in [2.24, 2.45) is 5.73 Å². The maximum absolute atomic E-state index is 12.5. The molecule has 1 atom stereocenters. The molecule has 5 nitrogen and oxygen atoms in total. The van der Waals surface area contributed by atoms with Crippen LogP contribution < -0.4 is 11.1 Å². The molecule has 0 fully saturated rings. The number of rotatable bonds is 3. The third-order valence-corrected chi connectivity index (χ3v) is 3.57. The molecule has 0 aliphatic carbocycles. The third-order valence-electron chi connectivity index (χ3n) is 3.57. The van der Waals surface area contributed by atoms with E-state index in [1.807, 2.05) is 48.5 Å². The number of hydrogen-bond donors (Lipinski definition) is 3. The monoisotopic (exact) mass is 280 g/mol. The maximum Gasteiger partial charge on any atom is 0.248 e. The molecule has 0 spiro atoms. The van der Waals surface area contributed by atoms with Gasteiger partial charge in [0.05, 0.1) is 17.4 Å². The highest BCUT2D eigenvalue weighted by molar-refractivity contribution is 6.04. The van der Waals surface area contributed by atoms with Gasteiger partial charge in [-0.3, -0.25) is 9.89 Å². The van der Waals surface area contributed by atoms with Gasteiger partial charge in [0.25, 0.3) is 0 Å². The highest BCUT2D eigenvalue weighted by atomic mass is 16.2. The zero-order valence-corrected chi connectivity index (χ0v) is 11.6. The molecule has 3 rings (SSSR count). The van der Waals surface area contributed by atoms with Crippen LogP contribution in [0.1, 0.15) is 12.5 Å². The van der Waals surface area contributed by atoms with Crippen molar-refractivity contribution in [3.8, 4) is 0 Å². The number of hydrogen-bond acceptors (Lipinski definition) is 3. The largest absolute Gasteiger partial charge is 0.322 e. The van der Waals surface area contributed by atoms with E-state index in [2.05, 4.69) is 15.5 Å². The summed E-state index contributed by atoms with van der Waals surface area (Å²) in [5, 5.41) is 10.7. The van der Waals surface area contributed by atoms with Gasteiger partial charge >= 0.3 is 0 Å². The molecule has 0 aliphatic heterocycles. The minimum absolute atomic E-state index is 0.268. The fourth-order valence-electron chi connectivity index (χ4n) is 2.24. The Balaban J connectivity index is 1.91. The Morgan fingerprint density at radius 2 is 1.95 bits per heavy atom. The van der Waals surface area contributed by atoms with Gasteiger partial charge in [-0.2, -0.15) is 5.10 Å². The number of carbonyl (C=O) groups excluding carboxylic acids is 1. The average molecular weight is 280 g/mol. The van der Waals surface area contributed by atoms with Gasteiger partial charge in [-0.05, 0) is 18.6 Å². The van der Waals surface area contributed by atoms with Crippen LogP contribution in [0, 0.1) is 0 Å². The van der Waals surface area contributed by atoms with E-state index in [-0.39, 0.29) is 5.91 Å². The first-order valence-corrected chi connectivity index (χ1v) is 6.67. The van der Waals surface area contributed by atoms with Crippen molar-refractivity contribution in [1.82, 2.24) is 10.2 Å². The van der Waals surface area contributed by atoms with E-state index in [0.717, 1.165) is 16.5 Å². The standard InChI is InChI=1S/C16H16N4O/c1-16(17,12-7-3-2-4-8-12)15(21)19-13-9-5-6-11-10-18-20-14(11)13/h2-10H,17H2,1H3,(H,18,20)(H,19,21). The van der Waals surface area contributed by atoms with Crippen molar-refractivity contribution in [2.45, 2.75) is 12.5 Å². The van der Waals surface area contributed by atoms with Crippen LogP contribution >= 0.6 is 0 Å². The van der Waals surface area contributed by atoms with Gasteiger partial charge in [0, 0.05) is 5.39 Å². The van der Waals surface area contributed by atoms with E-state index in [1.165, 1.54) is 0 Å². The van der Waals surface area contributed by atoms with E-state index in [4.69, 9.17) is 5.73 Å². The van der Waals surface area contributed by atoms with Crippen molar-refractivity contribution in [3.63, 3.8) is 0 Å². The van der Waals surface area contributed by atoms with Gasteiger partial charge in [0.1, 0.15) is 5.54 Å². The number of carbonyl (C=O) groups is 1. The zero-order valence-electron chi connectivity index (χ0n) is 11.6. The zero-order chi connectivity index (χ0) is 14.9. The number of anilines is 1. The van der Waals surface area contributed by atoms with Crippen LogP contribution in [0.15, 0.2) is 54.7 Å². The molecule has 0 saturated heterocycles. The number of nitrogens with one attached hydrogen (secondary N) is 2. The number of fused-ring (bicyclic) bond motifs is 1. The molecule has 1 unspecified atom stereocenters. The highest BCUT2D eigenvalue weighted by Crippen LogP contribution is 2.24. The van der Waals surface area contributed by atoms with Crippen LogP contribution in [-0.4, -0.2) is 16.1 Å². The van der Waals surface area contributed by atoms with Crippen LogP contribution in [0.4, 0.5) is 5.69 Å². The molecule has 4 N–H and O–H groups in total. The van der Waals surface area contributed by atoms with Crippen molar-refractivity contribution >= 4 is 22.5 Å². The number of para-hydroxylation sites is 1. The summed E-state index contributed by atoms with van der Waals surface area (Å²) >= 11 is 0. The summed E-state index contributed by atoms with van der Waals surface area (Å²) in [6.45, 7) is 1.70. The van der Waals surface area contributed by atoms with Gasteiger partial charge in [0.2, 0.25) is 5.91 Å². The predicted octanol–water partition coefficient (Wildman–Crippen LogP) is 2.38. The SMILES string of the molecule is CC(N)(C(=O)Nc1cccc2cn[nH]c12)c1ccccc1. The molecule has 21 heavy (non-hydrogen) atoms. The summed E-state index contributed by atoms with van der Waals surface area (Å²) in [5.74, 6) is -0.268. The Morgan fingerprint density at radius 1 is 1.19 bits per heavy atom. The lowest BCUT2D eigenvalue weighted by atomic mass is 9.92. The first-order valence-electron chi connectivity index (χ1n) is 6.67. The number of amides is 1. The van der Waals surface area contributed by atoms with Crippen molar-refractivity contribution in [2.75, 3.05) is 5.32 Å². The Hall–Kier alpha value is -2.66. The lowest BCUT2D eigenvalue weighted by molar-refractivity contribution is -0.120. The molecule has 3 aromatic rings. The van der Waals surface area contributed by atoms with Crippen molar-refractivity contribution in [1.29, 1.82) is 0 Å². The summed E-state index contributed by atoms with van der Waals surface area (Å²) in [5.41, 5.74) is 7.32. The average Bonchev–Trinajstić information content (AvgIpc) is 2.97. The Kier molecular flexibility index (Phi) is 3.19. The van der Waals surface area contributed by atoms with Crippen LogP contribution in [0.3, 0.4) is 0 Å². The normalized spacial score (nSPS) is 13.8. The number of nitrogens with two attached hydrogens (primary N) is 1. The summed E-state index contributed by atoms with van der Waals surface area (Å²) < 4.78 is 0. The summed E-state index contributed by atoms with van der Waals surface area (Å²) in [6.07, 6.45) is 1.71. The third kappa shape index (κ3) is 2.39. The molecular weight excluding hydrogens is 264 g/mol. The molecular formula is C16H16N4O. The van der Waals surface area contributed by atoms with Gasteiger partial charge in [-0.25, -0.2) is 0 Å². The molecule has 1 amide bonds. The molecule has 0 saturated carbocycles. The minimum atomic E-state index is -1.11. The minimum Gasteiger partial charge on any atom is -0.322 e. The molecule has 1 aromatic heterocycles. The second-order valence-corrected chi connectivity index (χ2v) is 5.16. The Morgan fingerprint density at radius 3 is 2.71 bits per heavy atom. The van der Waals surface area contributed by atoms with Crippen LogP contribution in [0.2, 0.25) is 0 Å². The second kappa shape index (κ2) is 5.03. The van der Waals surface area contributed by atoms with Gasteiger partial charge < -0.3 is 11.1 Å². The first-order chi connectivity index (χ1) is 10.1. The molecule has 2 aromatic carbocycles. The van der Waals surface area contributed by atoms with Gasteiger partial charge in [0.15, 0.2) is 0 Å². The maximum atomic E-state index is 12.5. The summed E-state index contributed by atoms with van der Waals surface area (Å²) in [4.78, 5) is 12.5. The molecule has 1 heterocycles. The van der Waals surface area contributed by atoms with E-state index in [9.17, 15) is 4.79 Å². The topological polar surface area (TPSA) is 83.8 Å². The highest BCUT2D eigenvalue weighted by Gasteiger charge is 2.30. The molecule has 106 valence electrons. The molecule has 0 aliphatic rings. The van der Waals surface area contributed by atoms with E-state index < -0.39 is 5.54 Å². The number of nitrogens with zero attached hydrogens (tertiary/aromatic N) is 1. The van der Waals surface area contributed by atoms with Crippen molar-refractivity contribution < 1.29 is 4.79 Å². The van der Waals surface area contributed by atoms with Gasteiger partial charge in [-0.15, -0.1) is 0 Å². The number of aromatic nitrogens is 2. The van der Waals surface area contributed by atoms with E-state index >= 15 is 0 Å². The van der Waals surface area contributed by atoms with Gasteiger partial charge in [-0.1, -0.05) is 42.5 Å². The Labute approximate surface area is 122 Å². The quantitative estimate of drug-likeness (QED) is 0.688. The lowest BCUT2D eigenvalue weighted by Gasteiger charge is -2.24. The molecule has 5 heteroatoms. The van der Waals surface area contributed by atoms with Crippen LogP contribution in [0.5, 0.6) is 0 Å². The predicted molar refractivity (Wildman–Crippen MR) is 82.7 cm³/mol. The van der Waals surface area contributed by atoms with Crippen LogP contribution in [0.25, 0.3) is 10.9 Å². The fourth-order valence-corrected chi connectivity index (χ4v) is 2.24. The molecule has 0 bridgehead atoms. The van der Waals surface area contributed by atoms with Crippen molar-refractivity contribution in [3.05, 3.63) is 60.3 Å². The summed E-state index contributed by atoms with van der Waals surface area (Å²) in [7, 11) is 0. The smallest absolute Gasteiger partial charge is 0.248 e. The lowest BCUT2D eigenvalue weighted by Crippen LogP contribution is -2.45. The fraction of sp³-hybridized carbons (Fsp3) is 0.125. The summed E-state index contributed by atoms with van der Waals surface area (Å²) in [6, 6.07) is 14.9. The van der Waals surface area contributed by atoms with Crippen LogP contribution in [-0.2, 0) is 10.3 Å². The first kappa shape index (κ1) is 13.3. The second-order valence-electron chi connectivity index (χ2n) is 5.16. The number of H-pyrrole nitrogens is 1. The van der Waals surface area contributed by atoms with E-state index in [0.29, 0.717) is 5.69 Å². The molecule has 0 radical (unpaired) electrons. The number of aromatic amines is 1. The van der Waals surface area contributed by atoms with E-state index in [1.54, 1.807) is 13.1 Å².